The molecular formula is C14H22BrIN2Si. The molecule has 2 heterocycles. The highest BCUT2D eigenvalue weighted by Gasteiger charge is 2.43. The first kappa shape index (κ1) is 15.8. The van der Waals surface area contributed by atoms with Gasteiger partial charge in [0, 0.05) is 26.0 Å². The molecule has 2 nitrogen and oxygen atoms in total. The molecule has 0 fully saturated rings. The molecule has 0 aromatic carbocycles. The molecule has 106 valence electrons. The van der Waals surface area contributed by atoms with Crippen LogP contribution in [-0.2, 0) is 0 Å². The standard InChI is InChI=1S/C14H22BrIN2Si/c1-13(2,19(4)5)9-18-11(16)7-14(3)6-10(15)8-17-12(14)18/h7-8,19H,6,9H2,1-5H3. The van der Waals surface area contributed by atoms with Crippen molar-refractivity contribution >= 4 is 53.2 Å². The summed E-state index contributed by atoms with van der Waals surface area (Å²) in [6.07, 6.45) is 5.36. The second-order valence-corrected chi connectivity index (χ2v) is 12.8. The molecule has 0 N–H and O–H groups in total. The second-order valence-electron chi connectivity index (χ2n) is 6.82. The first-order valence-electron chi connectivity index (χ1n) is 6.74. The highest BCUT2D eigenvalue weighted by molar-refractivity contribution is 14.1. The van der Waals surface area contributed by atoms with Crippen LogP contribution in [0.1, 0.15) is 27.2 Å². The summed E-state index contributed by atoms with van der Waals surface area (Å²) in [6, 6.07) is 0. The Morgan fingerprint density at radius 2 is 2.16 bits per heavy atom. The molecule has 1 unspecified atom stereocenters. The topological polar surface area (TPSA) is 15.6 Å². The molecule has 1 atom stereocenters. The van der Waals surface area contributed by atoms with Crippen LogP contribution in [0.15, 0.2) is 25.5 Å². The molecule has 2 aliphatic heterocycles. The Morgan fingerprint density at radius 3 is 2.74 bits per heavy atom. The number of aliphatic imine (C=N–C) groups is 1. The molecule has 0 spiro atoms. The summed E-state index contributed by atoms with van der Waals surface area (Å²) in [7, 11) is -0.700. The maximum atomic E-state index is 4.71. The Labute approximate surface area is 140 Å². The van der Waals surface area contributed by atoms with Gasteiger partial charge in [-0.05, 0) is 47.0 Å². The third kappa shape index (κ3) is 3.02. The average Bonchev–Trinajstić information content (AvgIpc) is 2.48. The Hall–Kier alpha value is 0.377. The number of halogens is 2. The molecule has 5 heteroatoms. The lowest BCUT2D eigenvalue weighted by Crippen LogP contribution is -2.41. The zero-order chi connectivity index (χ0) is 14.4. The van der Waals surface area contributed by atoms with Crippen molar-refractivity contribution < 1.29 is 0 Å². The fourth-order valence-corrected chi connectivity index (χ4v) is 4.75. The van der Waals surface area contributed by atoms with Gasteiger partial charge in [0.2, 0.25) is 0 Å². The average molecular weight is 453 g/mol. The monoisotopic (exact) mass is 452 g/mol. The largest absolute Gasteiger partial charge is 0.324 e. The lowest BCUT2D eigenvalue weighted by molar-refractivity contribution is 0.443. The van der Waals surface area contributed by atoms with E-state index in [0.29, 0.717) is 5.04 Å². The molecule has 19 heavy (non-hydrogen) atoms. The summed E-state index contributed by atoms with van der Waals surface area (Å²) >= 11 is 6.06. The molecular weight excluding hydrogens is 431 g/mol. The zero-order valence-electron chi connectivity index (χ0n) is 12.3. The van der Waals surface area contributed by atoms with Gasteiger partial charge in [-0.1, -0.05) is 42.9 Å². The smallest absolute Gasteiger partial charge is 0.119 e. The van der Waals surface area contributed by atoms with Gasteiger partial charge in [0.1, 0.15) is 5.84 Å². The van der Waals surface area contributed by atoms with Crippen molar-refractivity contribution in [3.63, 3.8) is 0 Å². The van der Waals surface area contributed by atoms with Gasteiger partial charge in [-0.15, -0.1) is 0 Å². The van der Waals surface area contributed by atoms with Crippen LogP contribution in [-0.4, -0.2) is 26.1 Å². The number of hydrogen-bond donors (Lipinski definition) is 0. The lowest BCUT2D eigenvalue weighted by atomic mass is 9.85. The van der Waals surface area contributed by atoms with Crippen molar-refractivity contribution in [2.24, 2.45) is 10.4 Å². The highest BCUT2D eigenvalue weighted by Crippen LogP contribution is 2.46. The predicted octanol–water partition coefficient (Wildman–Crippen LogP) is 4.89. The van der Waals surface area contributed by atoms with E-state index in [2.05, 4.69) is 83.4 Å². The van der Waals surface area contributed by atoms with Crippen LogP contribution in [0.25, 0.3) is 0 Å². The molecule has 2 rings (SSSR count). The van der Waals surface area contributed by atoms with Crippen LogP contribution in [0, 0.1) is 5.41 Å². The molecule has 0 bridgehead atoms. The van der Waals surface area contributed by atoms with E-state index in [4.69, 9.17) is 4.99 Å². The van der Waals surface area contributed by atoms with E-state index in [1.54, 1.807) is 0 Å². The Balaban J connectivity index is 2.30. The van der Waals surface area contributed by atoms with E-state index < -0.39 is 8.80 Å². The van der Waals surface area contributed by atoms with Crippen molar-refractivity contribution in [3.8, 4) is 0 Å². The minimum absolute atomic E-state index is 0.0682. The first-order chi connectivity index (χ1) is 8.66. The number of fused-ring (bicyclic) bond motifs is 1. The molecule has 0 amide bonds. The van der Waals surface area contributed by atoms with E-state index in [1.165, 1.54) is 14.0 Å². The maximum absolute atomic E-state index is 4.71. The van der Waals surface area contributed by atoms with Gasteiger partial charge in [0.05, 0.1) is 9.12 Å². The maximum Gasteiger partial charge on any atom is 0.119 e. The minimum atomic E-state index is -0.700. The van der Waals surface area contributed by atoms with Gasteiger partial charge in [-0.25, -0.2) is 4.99 Å². The van der Waals surface area contributed by atoms with E-state index in [1.807, 2.05) is 6.20 Å². The fraction of sp³-hybridized carbons (Fsp3) is 0.643. The molecule has 0 saturated heterocycles. The third-order valence-corrected chi connectivity index (χ3v) is 9.14. The SMILES string of the molecule is C[SiH](C)C(C)(C)CN1C(I)=CC2(C)CC(Br)=CN=C12. The number of rotatable bonds is 3. The van der Waals surface area contributed by atoms with Crippen LogP contribution < -0.4 is 0 Å². The van der Waals surface area contributed by atoms with Crippen molar-refractivity contribution in [3.05, 3.63) is 20.5 Å². The number of amidine groups is 1. The Morgan fingerprint density at radius 1 is 1.53 bits per heavy atom. The molecule has 0 radical (unpaired) electrons. The van der Waals surface area contributed by atoms with Crippen LogP contribution in [0.2, 0.25) is 18.1 Å². The highest BCUT2D eigenvalue weighted by atomic mass is 127. The van der Waals surface area contributed by atoms with Gasteiger partial charge in [0.25, 0.3) is 0 Å². The van der Waals surface area contributed by atoms with Gasteiger partial charge in [-0.2, -0.15) is 0 Å². The number of allylic oxidation sites excluding steroid dienone is 1. The summed E-state index contributed by atoms with van der Waals surface area (Å²) in [5.74, 6) is 1.22. The normalized spacial score (nSPS) is 27.2. The minimum Gasteiger partial charge on any atom is -0.324 e. The number of nitrogens with zero attached hydrogens (tertiary/aromatic N) is 2. The van der Waals surface area contributed by atoms with Crippen molar-refractivity contribution in [1.82, 2.24) is 4.90 Å². The quantitative estimate of drug-likeness (QED) is 0.338. The van der Waals surface area contributed by atoms with Crippen LogP contribution >= 0.6 is 38.5 Å². The van der Waals surface area contributed by atoms with E-state index in [-0.39, 0.29) is 5.41 Å². The number of hydrogen-bond acceptors (Lipinski definition) is 2. The van der Waals surface area contributed by atoms with Gasteiger partial charge in [-0.3, -0.25) is 0 Å². The van der Waals surface area contributed by atoms with Crippen LogP contribution in [0.4, 0.5) is 0 Å². The first-order valence-corrected chi connectivity index (χ1v) is 11.5. The van der Waals surface area contributed by atoms with Crippen molar-refractivity contribution in [2.75, 3.05) is 6.54 Å². The van der Waals surface area contributed by atoms with E-state index in [9.17, 15) is 0 Å². The zero-order valence-corrected chi connectivity index (χ0v) is 17.2. The Bertz CT molecular complexity index is 482. The van der Waals surface area contributed by atoms with Crippen molar-refractivity contribution in [2.45, 2.75) is 45.3 Å². The molecule has 0 aromatic rings. The molecule has 0 aromatic heterocycles. The molecule has 2 aliphatic rings. The summed E-state index contributed by atoms with van der Waals surface area (Å²) in [4.78, 5) is 7.15. The Kier molecular flexibility index (Phi) is 4.39. The lowest BCUT2D eigenvalue weighted by Gasteiger charge is -2.37. The molecule has 0 aliphatic carbocycles. The van der Waals surface area contributed by atoms with E-state index >= 15 is 0 Å². The third-order valence-electron chi connectivity index (χ3n) is 4.45. The van der Waals surface area contributed by atoms with Crippen LogP contribution in [0.5, 0.6) is 0 Å². The second kappa shape index (κ2) is 5.29. The van der Waals surface area contributed by atoms with Crippen LogP contribution in [0.3, 0.4) is 0 Å². The van der Waals surface area contributed by atoms with Gasteiger partial charge in [0.15, 0.2) is 0 Å². The summed E-state index contributed by atoms with van der Waals surface area (Å²) in [5.41, 5.74) is 0.0682. The molecule has 0 saturated carbocycles. The van der Waals surface area contributed by atoms with Gasteiger partial charge < -0.3 is 4.90 Å². The van der Waals surface area contributed by atoms with E-state index in [0.717, 1.165) is 13.0 Å². The predicted molar refractivity (Wildman–Crippen MR) is 98.9 cm³/mol. The summed E-state index contributed by atoms with van der Waals surface area (Å²) < 4.78 is 2.52. The fourth-order valence-electron chi connectivity index (χ4n) is 2.43. The summed E-state index contributed by atoms with van der Waals surface area (Å²) in [6.45, 7) is 13.1. The van der Waals surface area contributed by atoms with Gasteiger partial charge >= 0.3 is 0 Å². The summed E-state index contributed by atoms with van der Waals surface area (Å²) in [5, 5.41) is 0.413. The van der Waals surface area contributed by atoms with Crippen molar-refractivity contribution in [1.29, 1.82) is 0 Å².